The molecule has 1 aromatic heterocycles. The topological polar surface area (TPSA) is 76.4 Å². The summed E-state index contributed by atoms with van der Waals surface area (Å²) in [5.41, 5.74) is 0.990. The zero-order valence-electron chi connectivity index (χ0n) is 15.8. The van der Waals surface area contributed by atoms with E-state index >= 15 is 0 Å². The Balaban J connectivity index is 1.51. The number of nitrogens with zero attached hydrogens (tertiary/aromatic N) is 4. The highest BCUT2D eigenvalue weighted by Gasteiger charge is 2.09. The van der Waals surface area contributed by atoms with Crippen molar-refractivity contribution < 1.29 is 9.13 Å². The summed E-state index contributed by atoms with van der Waals surface area (Å²) in [5, 5.41) is 14.6. The first-order valence-corrected chi connectivity index (χ1v) is 8.97. The number of aliphatic imine (C=N–C) groups is 1. The van der Waals surface area contributed by atoms with Gasteiger partial charge in [-0.1, -0.05) is 24.3 Å². The molecule has 2 N–H and O–H groups in total. The van der Waals surface area contributed by atoms with Crippen molar-refractivity contribution in [1.29, 1.82) is 0 Å². The summed E-state index contributed by atoms with van der Waals surface area (Å²) in [5.74, 6) is 1.54. The molecule has 1 heterocycles. The van der Waals surface area contributed by atoms with E-state index in [0.717, 1.165) is 11.5 Å². The van der Waals surface area contributed by atoms with E-state index in [-0.39, 0.29) is 11.9 Å². The lowest BCUT2D eigenvalue weighted by atomic mass is 10.3. The maximum Gasteiger partial charge on any atom is 0.191 e. The van der Waals surface area contributed by atoms with Gasteiger partial charge in [0.25, 0.3) is 0 Å². The molecule has 0 bridgehead atoms. The summed E-state index contributed by atoms with van der Waals surface area (Å²) >= 11 is 0. The molecule has 0 amide bonds. The van der Waals surface area contributed by atoms with Crippen molar-refractivity contribution in [1.82, 2.24) is 25.4 Å². The summed E-state index contributed by atoms with van der Waals surface area (Å²) in [7, 11) is 1.69. The monoisotopic (exact) mass is 382 g/mol. The first kappa shape index (κ1) is 19.3. The van der Waals surface area contributed by atoms with Gasteiger partial charge in [-0.2, -0.15) is 0 Å². The molecule has 0 radical (unpaired) electrons. The normalized spacial score (nSPS) is 12.5. The second kappa shape index (κ2) is 9.50. The van der Waals surface area contributed by atoms with Crippen molar-refractivity contribution in [2.75, 3.05) is 13.6 Å². The minimum atomic E-state index is -0.322. The summed E-state index contributed by atoms with van der Waals surface area (Å²) in [6.07, 6.45) is 1.51. The van der Waals surface area contributed by atoms with Gasteiger partial charge >= 0.3 is 0 Å². The van der Waals surface area contributed by atoms with Crippen molar-refractivity contribution >= 4 is 5.96 Å². The van der Waals surface area contributed by atoms with Crippen molar-refractivity contribution in [2.45, 2.75) is 19.6 Å². The highest BCUT2D eigenvalue weighted by Crippen LogP contribution is 2.13. The van der Waals surface area contributed by atoms with Gasteiger partial charge in [-0.25, -0.2) is 4.39 Å². The van der Waals surface area contributed by atoms with Crippen molar-refractivity contribution in [3.05, 3.63) is 72.6 Å². The Labute approximate surface area is 163 Å². The van der Waals surface area contributed by atoms with Gasteiger partial charge in [0, 0.05) is 18.8 Å². The van der Waals surface area contributed by atoms with Crippen LogP contribution in [-0.2, 0) is 6.54 Å². The first-order chi connectivity index (χ1) is 13.7. The highest BCUT2D eigenvalue weighted by molar-refractivity contribution is 5.79. The lowest BCUT2D eigenvalue weighted by Gasteiger charge is -2.17. The minimum Gasteiger partial charge on any atom is -0.489 e. The number of halogens is 1. The molecule has 0 aliphatic rings. The average molecular weight is 382 g/mol. The summed E-state index contributed by atoms with van der Waals surface area (Å²) < 4.78 is 20.9. The molecule has 1 atom stereocenters. The fraction of sp³-hybridized carbons (Fsp3) is 0.250. The third kappa shape index (κ3) is 5.29. The fourth-order valence-electron chi connectivity index (χ4n) is 2.62. The second-order valence-corrected chi connectivity index (χ2v) is 6.15. The van der Waals surface area contributed by atoms with Crippen LogP contribution in [0, 0.1) is 5.82 Å². The molecule has 0 saturated carbocycles. The molecular formula is C20H23FN6O. The van der Waals surface area contributed by atoms with E-state index in [1.807, 2.05) is 41.8 Å². The number of rotatable bonds is 7. The Morgan fingerprint density at radius 1 is 1.18 bits per heavy atom. The van der Waals surface area contributed by atoms with Crippen LogP contribution in [0.3, 0.4) is 0 Å². The van der Waals surface area contributed by atoms with Gasteiger partial charge in [-0.3, -0.25) is 9.56 Å². The maximum atomic E-state index is 13.2. The summed E-state index contributed by atoms with van der Waals surface area (Å²) in [6.45, 7) is 2.85. The zero-order chi connectivity index (χ0) is 19.8. The molecule has 0 saturated heterocycles. The summed E-state index contributed by atoms with van der Waals surface area (Å²) in [4.78, 5) is 4.20. The number of benzene rings is 2. The van der Waals surface area contributed by atoms with Crippen LogP contribution in [0.25, 0.3) is 5.69 Å². The lowest BCUT2D eigenvalue weighted by Crippen LogP contribution is -2.41. The van der Waals surface area contributed by atoms with E-state index in [9.17, 15) is 4.39 Å². The Morgan fingerprint density at radius 2 is 2.00 bits per heavy atom. The number of hydrogen-bond acceptors (Lipinski definition) is 4. The quantitative estimate of drug-likeness (QED) is 0.485. The van der Waals surface area contributed by atoms with E-state index in [0.29, 0.717) is 24.8 Å². The van der Waals surface area contributed by atoms with Gasteiger partial charge in [-0.15, -0.1) is 10.2 Å². The summed E-state index contributed by atoms with van der Waals surface area (Å²) in [6, 6.07) is 16.0. The van der Waals surface area contributed by atoms with Crippen LogP contribution < -0.4 is 15.4 Å². The first-order valence-electron chi connectivity index (χ1n) is 8.97. The number of guanidine groups is 1. The molecule has 0 spiro atoms. The molecule has 28 heavy (non-hydrogen) atoms. The Morgan fingerprint density at radius 3 is 2.75 bits per heavy atom. The largest absolute Gasteiger partial charge is 0.489 e. The minimum absolute atomic E-state index is 0.173. The van der Waals surface area contributed by atoms with Crippen LogP contribution >= 0.6 is 0 Å². The molecular weight excluding hydrogens is 359 g/mol. The molecule has 2 aromatic carbocycles. The zero-order valence-corrected chi connectivity index (χ0v) is 15.8. The third-order valence-corrected chi connectivity index (χ3v) is 3.98. The van der Waals surface area contributed by atoms with Crippen LogP contribution in [-0.4, -0.2) is 40.4 Å². The van der Waals surface area contributed by atoms with E-state index in [1.54, 1.807) is 25.5 Å². The molecule has 0 aliphatic heterocycles. The third-order valence-electron chi connectivity index (χ3n) is 3.98. The van der Waals surface area contributed by atoms with Gasteiger partial charge in [-0.05, 0) is 31.2 Å². The standard InChI is InChI=1S/C20H23FN6O/c1-15(28-18-10-6-7-16(21)11-18)12-23-20(22-2)24-13-19-26-25-14-27(19)17-8-4-3-5-9-17/h3-11,14-15H,12-13H2,1-2H3,(H2,22,23,24). The number of hydrogen-bond donors (Lipinski definition) is 2. The van der Waals surface area contributed by atoms with E-state index < -0.39 is 0 Å². The Hall–Kier alpha value is -3.42. The smallest absolute Gasteiger partial charge is 0.191 e. The van der Waals surface area contributed by atoms with Crippen molar-refractivity contribution in [2.24, 2.45) is 4.99 Å². The van der Waals surface area contributed by atoms with E-state index in [1.165, 1.54) is 12.1 Å². The Kier molecular flexibility index (Phi) is 6.56. The highest BCUT2D eigenvalue weighted by atomic mass is 19.1. The number of aromatic nitrogens is 3. The molecule has 7 nitrogen and oxygen atoms in total. The predicted octanol–water partition coefficient (Wildman–Crippen LogP) is 2.54. The average Bonchev–Trinajstić information content (AvgIpc) is 3.17. The van der Waals surface area contributed by atoms with Crippen LogP contribution in [0.5, 0.6) is 5.75 Å². The van der Waals surface area contributed by atoms with Gasteiger partial charge < -0.3 is 15.4 Å². The molecule has 1 unspecified atom stereocenters. The molecule has 0 fully saturated rings. The Bertz CT molecular complexity index is 912. The predicted molar refractivity (Wildman–Crippen MR) is 106 cm³/mol. The van der Waals surface area contributed by atoms with Gasteiger partial charge in [0.15, 0.2) is 11.8 Å². The number of ether oxygens (including phenoxy) is 1. The SMILES string of the molecule is CN=C(NCc1nncn1-c1ccccc1)NCC(C)Oc1cccc(F)c1. The van der Waals surface area contributed by atoms with Crippen LogP contribution in [0.2, 0.25) is 0 Å². The van der Waals surface area contributed by atoms with Crippen LogP contribution in [0.4, 0.5) is 4.39 Å². The lowest BCUT2D eigenvalue weighted by molar-refractivity contribution is 0.223. The van der Waals surface area contributed by atoms with Crippen molar-refractivity contribution in [3.63, 3.8) is 0 Å². The second-order valence-electron chi connectivity index (χ2n) is 6.15. The van der Waals surface area contributed by atoms with E-state index in [4.69, 9.17) is 4.74 Å². The number of nitrogens with one attached hydrogen (secondary N) is 2. The van der Waals surface area contributed by atoms with Gasteiger partial charge in [0.05, 0.1) is 13.1 Å². The van der Waals surface area contributed by atoms with Crippen LogP contribution in [0.15, 0.2) is 65.9 Å². The molecule has 146 valence electrons. The van der Waals surface area contributed by atoms with E-state index in [2.05, 4.69) is 25.8 Å². The molecule has 8 heteroatoms. The van der Waals surface area contributed by atoms with Crippen molar-refractivity contribution in [3.8, 4) is 11.4 Å². The fourth-order valence-corrected chi connectivity index (χ4v) is 2.62. The maximum absolute atomic E-state index is 13.2. The molecule has 3 rings (SSSR count). The molecule has 3 aromatic rings. The van der Waals surface area contributed by atoms with Gasteiger partial charge in [0.2, 0.25) is 0 Å². The van der Waals surface area contributed by atoms with Gasteiger partial charge in [0.1, 0.15) is 24.0 Å². The molecule has 0 aliphatic carbocycles. The number of para-hydroxylation sites is 1. The van der Waals surface area contributed by atoms with Crippen LogP contribution in [0.1, 0.15) is 12.7 Å².